The van der Waals surface area contributed by atoms with Crippen molar-refractivity contribution in [2.45, 2.75) is 37.5 Å². The summed E-state index contributed by atoms with van der Waals surface area (Å²) in [6, 6.07) is 12.6. The third kappa shape index (κ3) is 7.04. The average Bonchev–Trinajstić information content (AvgIpc) is 3.05. The number of aromatic nitrogens is 3. The van der Waals surface area contributed by atoms with Gasteiger partial charge in [-0.25, -0.2) is 18.7 Å². The highest BCUT2D eigenvalue weighted by molar-refractivity contribution is 5.80. The summed E-state index contributed by atoms with van der Waals surface area (Å²) >= 11 is 0. The fraction of sp³-hybridized carbons (Fsp3) is 0.469. The second kappa shape index (κ2) is 13.6. The quantitative estimate of drug-likeness (QED) is 0.351. The molecule has 3 aliphatic rings. The number of halogens is 2. The number of carbonyl (C=O) groups excluding carboxylic acids is 1. The van der Waals surface area contributed by atoms with Crippen LogP contribution in [-0.2, 0) is 9.53 Å². The van der Waals surface area contributed by atoms with Gasteiger partial charge in [-0.3, -0.25) is 9.69 Å². The van der Waals surface area contributed by atoms with Gasteiger partial charge in [-0.05, 0) is 43.3 Å². The minimum atomic E-state index is -3.38. The van der Waals surface area contributed by atoms with E-state index >= 15 is 0 Å². The van der Waals surface area contributed by atoms with Gasteiger partial charge in [0.05, 0.1) is 44.2 Å². The fourth-order valence-corrected chi connectivity index (χ4v) is 5.90. The van der Waals surface area contributed by atoms with Crippen molar-refractivity contribution >= 4 is 23.4 Å². The number of anilines is 3. The van der Waals surface area contributed by atoms with E-state index in [1.165, 1.54) is 19.1 Å². The first kappa shape index (κ1) is 32.3. The molecule has 3 fully saturated rings. The standard InChI is InChI=1S/C32H36F2N8O5/c1-20(43)30(44)42-10-8-27(32(33,34)19-42)47-26-5-3-21(15-22(26)16-35)24-7-9-36-31(37-24)39-28-6-4-25(29(38-28)45-2)41-13-11-40(12-14-41)23-17-46-18-23/h3-7,9,15,20,23,27,43H,8,10-14,17-19H2,1-2H3,(H,36,37,38,39)/t20?,27-/m0/s1. The molecule has 0 saturated carbocycles. The normalized spacial score (nSPS) is 20.6. The van der Waals surface area contributed by atoms with Crippen LogP contribution in [0.25, 0.3) is 11.3 Å². The molecular formula is C32H36F2N8O5. The summed E-state index contributed by atoms with van der Waals surface area (Å²) in [6.07, 6.45) is -1.52. The molecule has 47 heavy (non-hydrogen) atoms. The summed E-state index contributed by atoms with van der Waals surface area (Å²) in [7, 11) is 1.58. The lowest BCUT2D eigenvalue weighted by atomic mass is 10.0. The predicted molar refractivity (Wildman–Crippen MR) is 167 cm³/mol. The van der Waals surface area contributed by atoms with E-state index in [4.69, 9.17) is 14.2 Å². The van der Waals surface area contributed by atoms with Crippen molar-refractivity contribution in [3.05, 3.63) is 48.2 Å². The largest absolute Gasteiger partial charge is 0.483 e. The number of rotatable bonds is 9. The third-order valence-corrected chi connectivity index (χ3v) is 8.59. The Kier molecular flexibility index (Phi) is 9.35. The summed E-state index contributed by atoms with van der Waals surface area (Å²) in [4.78, 5) is 31.2. The zero-order valence-corrected chi connectivity index (χ0v) is 26.1. The lowest BCUT2D eigenvalue weighted by Crippen LogP contribution is -2.56. The van der Waals surface area contributed by atoms with Crippen LogP contribution in [0, 0.1) is 11.3 Å². The molecule has 13 nitrogen and oxygen atoms in total. The number of methoxy groups -OCH3 is 1. The van der Waals surface area contributed by atoms with Crippen molar-refractivity contribution in [3.8, 4) is 29.0 Å². The molecule has 1 amide bonds. The van der Waals surface area contributed by atoms with E-state index in [2.05, 4.69) is 30.1 Å². The van der Waals surface area contributed by atoms with E-state index in [1.807, 2.05) is 18.2 Å². The van der Waals surface area contributed by atoms with E-state index in [1.54, 1.807) is 25.4 Å². The van der Waals surface area contributed by atoms with Crippen LogP contribution in [-0.4, -0.2) is 120 Å². The lowest BCUT2D eigenvalue weighted by molar-refractivity contribution is -0.165. The second-order valence-electron chi connectivity index (χ2n) is 11.7. The number of likely N-dealkylation sites (tertiary alicyclic amines) is 1. The van der Waals surface area contributed by atoms with Crippen LogP contribution >= 0.6 is 0 Å². The molecule has 0 aliphatic carbocycles. The Balaban J connectivity index is 1.12. The molecule has 3 aliphatic heterocycles. The fourth-order valence-electron chi connectivity index (χ4n) is 5.90. The number of aliphatic hydroxyl groups excluding tert-OH is 1. The molecular weight excluding hydrogens is 614 g/mol. The number of aliphatic hydroxyl groups is 1. The number of hydrogen-bond acceptors (Lipinski definition) is 12. The topological polar surface area (TPSA) is 149 Å². The number of pyridine rings is 1. The van der Waals surface area contributed by atoms with Crippen molar-refractivity contribution in [1.29, 1.82) is 5.26 Å². The molecule has 1 aromatic carbocycles. The zero-order valence-electron chi connectivity index (χ0n) is 26.1. The van der Waals surface area contributed by atoms with Crippen LogP contribution in [0.2, 0.25) is 0 Å². The Hall–Kier alpha value is -4.65. The summed E-state index contributed by atoms with van der Waals surface area (Å²) in [6.45, 7) is 5.54. The molecule has 0 spiro atoms. The van der Waals surface area contributed by atoms with Crippen molar-refractivity contribution < 1.29 is 32.9 Å². The van der Waals surface area contributed by atoms with Crippen molar-refractivity contribution in [3.63, 3.8) is 0 Å². The van der Waals surface area contributed by atoms with E-state index in [9.17, 15) is 23.9 Å². The molecule has 1 unspecified atom stereocenters. The molecule has 2 N–H and O–H groups in total. The van der Waals surface area contributed by atoms with Crippen molar-refractivity contribution in [1.82, 2.24) is 24.8 Å². The third-order valence-electron chi connectivity index (χ3n) is 8.59. The molecule has 0 radical (unpaired) electrons. The van der Waals surface area contributed by atoms with Gasteiger partial charge in [0.25, 0.3) is 5.91 Å². The number of nitrogens with zero attached hydrogens (tertiary/aromatic N) is 7. The Morgan fingerprint density at radius 1 is 1.15 bits per heavy atom. The summed E-state index contributed by atoms with van der Waals surface area (Å²) < 4.78 is 46.4. The molecule has 15 heteroatoms. The Labute approximate surface area is 270 Å². The molecule has 3 aromatic rings. The number of carbonyl (C=O) groups is 1. The number of alkyl halides is 2. The molecule has 5 heterocycles. The van der Waals surface area contributed by atoms with Gasteiger partial charge in [-0.1, -0.05) is 0 Å². The highest BCUT2D eigenvalue weighted by Crippen LogP contribution is 2.34. The highest BCUT2D eigenvalue weighted by Gasteiger charge is 2.48. The lowest BCUT2D eigenvalue weighted by Gasteiger charge is -2.43. The van der Waals surface area contributed by atoms with E-state index in [0.717, 1.165) is 50.0 Å². The van der Waals surface area contributed by atoms with Gasteiger partial charge in [0.1, 0.15) is 29.4 Å². The Morgan fingerprint density at radius 2 is 1.94 bits per heavy atom. The smallest absolute Gasteiger partial charge is 0.301 e. The van der Waals surface area contributed by atoms with E-state index in [0.29, 0.717) is 29.0 Å². The Bertz CT molecular complexity index is 1640. The van der Waals surface area contributed by atoms with E-state index in [-0.39, 0.29) is 30.2 Å². The van der Waals surface area contributed by atoms with Gasteiger partial charge in [0.15, 0.2) is 6.10 Å². The molecule has 248 valence electrons. The van der Waals surface area contributed by atoms with Gasteiger partial charge in [-0.15, -0.1) is 0 Å². The van der Waals surface area contributed by atoms with Crippen LogP contribution in [0.1, 0.15) is 18.9 Å². The number of nitriles is 1. The monoisotopic (exact) mass is 650 g/mol. The van der Waals surface area contributed by atoms with Crippen molar-refractivity contribution in [2.24, 2.45) is 0 Å². The predicted octanol–water partition coefficient (Wildman–Crippen LogP) is 2.68. The number of nitrogens with one attached hydrogen (secondary N) is 1. The molecule has 2 aromatic heterocycles. The van der Waals surface area contributed by atoms with Gasteiger partial charge in [-0.2, -0.15) is 10.2 Å². The van der Waals surface area contributed by atoms with Gasteiger partial charge < -0.3 is 34.4 Å². The number of piperazine rings is 1. The maximum atomic E-state index is 14.9. The molecule has 0 bridgehead atoms. The molecule has 2 atom stereocenters. The highest BCUT2D eigenvalue weighted by atomic mass is 19.3. The number of benzene rings is 1. The van der Waals surface area contributed by atoms with E-state index < -0.39 is 30.6 Å². The number of amides is 1. The maximum Gasteiger partial charge on any atom is 0.301 e. The summed E-state index contributed by atoms with van der Waals surface area (Å²) in [5.41, 5.74) is 1.99. The van der Waals surface area contributed by atoms with Gasteiger partial charge in [0, 0.05) is 50.9 Å². The molecule has 6 rings (SSSR count). The Morgan fingerprint density at radius 3 is 2.60 bits per heavy atom. The number of ether oxygens (including phenoxy) is 3. The van der Waals surface area contributed by atoms with Crippen LogP contribution in [0.5, 0.6) is 11.6 Å². The van der Waals surface area contributed by atoms with Crippen LogP contribution < -0.4 is 19.7 Å². The van der Waals surface area contributed by atoms with Crippen LogP contribution in [0.3, 0.4) is 0 Å². The summed E-state index contributed by atoms with van der Waals surface area (Å²) in [5, 5.41) is 22.4. The van der Waals surface area contributed by atoms with Crippen LogP contribution in [0.4, 0.5) is 26.2 Å². The zero-order chi connectivity index (χ0) is 33.1. The first-order valence-electron chi connectivity index (χ1n) is 15.4. The first-order valence-corrected chi connectivity index (χ1v) is 15.4. The van der Waals surface area contributed by atoms with Crippen molar-refractivity contribution in [2.75, 3.05) is 69.8 Å². The average molecular weight is 651 g/mol. The van der Waals surface area contributed by atoms with Gasteiger partial charge in [0.2, 0.25) is 11.8 Å². The maximum absolute atomic E-state index is 14.9. The van der Waals surface area contributed by atoms with Crippen LogP contribution in [0.15, 0.2) is 42.6 Å². The molecule has 3 saturated heterocycles. The minimum absolute atomic E-state index is 0.00140. The number of piperidine rings is 1. The second-order valence-corrected chi connectivity index (χ2v) is 11.7. The summed E-state index contributed by atoms with van der Waals surface area (Å²) in [5.74, 6) is -2.92. The first-order chi connectivity index (χ1) is 22.6. The minimum Gasteiger partial charge on any atom is -0.483 e. The van der Waals surface area contributed by atoms with Gasteiger partial charge >= 0.3 is 5.92 Å². The SMILES string of the molecule is COc1nc(Nc2nccc(-c3ccc(O[C@H]4CCN(C(=O)C(C)O)CC4(F)F)c(C#N)c3)n2)ccc1N1CCN(C2COC2)CC1. The number of hydrogen-bond donors (Lipinski definition) is 2.